The Bertz CT molecular complexity index is 573. The van der Waals surface area contributed by atoms with Crippen LogP contribution in [0.1, 0.15) is 36.3 Å². The van der Waals surface area contributed by atoms with Gasteiger partial charge in [0, 0.05) is 57.9 Å². The molecule has 1 unspecified atom stereocenters. The summed E-state index contributed by atoms with van der Waals surface area (Å²) in [7, 11) is 4.50. The van der Waals surface area contributed by atoms with Crippen molar-refractivity contribution < 1.29 is 0 Å². The summed E-state index contributed by atoms with van der Waals surface area (Å²) < 4.78 is 0. The van der Waals surface area contributed by atoms with Crippen molar-refractivity contribution in [3.63, 3.8) is 0 Å². The van der Waals surface area contributed by atoms with Gasteiger partial charge in [0.15, 0.2) is 0 Å². The van der Waals surface area contributed by atoms with Gasteiger partial charge in [-0.1, -0.05) is 12.1 Å². The van der Waals surface area contributed by atoms with E-state index < -0.39 is 0 Å². The molecule has 0 aromatic heterocycles. The molecule has 0 bridgehead atoms. The molecule has 0 radical (unpaired) electrons. The molecule has 25 heavy (non-hydrogen) atoms. The molecule has 2 fully saturated rings. The third kappa shape index (κ3) is 4.02. The number of rotatable bonds is 4. The maximum absolute atomic E-state index is 3.51. The Balaban J connectivity index is 1.44. The van der Waals surface area contributed by atoms with Crippen LogP contribution >= 0.6 is 0 Å². The highest BCUT2D eigenvalue weighted by Gasteiger charge is 2.29. The quantitative estimate of drug-likeness (QED) is 0.907. The topological polar surface area (TPSA) is 21.8 Å². The lowest BCUT2D eigenvalue weighted by Crippen LogP contribution is -2.43. The van der Waals surface area contributed by atoms with Crippen molar-refractivity contribution in [2.24, 2.45) is 5.92 Å². The zero-order valence-corrected chi connectivity index (χ0v) is 16.0. The fourth-order valence-electron chi connectivity index (χ4n) is 4.89. The average Bonchev–Trinajstić information content (AvgIpc) is 2.93. The molecule has 0 saturated carbocycles. The monoisotopic (exact) mass is 342 g/mol. The third-order valence-electron chi connectivity index (χ3n) is 6.52. The highest BCUT2D eigenvalue weighted by Crippen LogP contribution is 2.40. The lowest BCUT2D eigenvalue weighted by Gasteiger charge is -2.32. The largest absolute Gasteiger partial charge is 0.374 e. The lowest BCUT2D eigenvalue weighted by atomic mass is 9.85. The minimum Gasteiger partial charge on any atom is -0.374 e. The summed E-state index contributed by atoms with van der Waals surface area (Å²) in [6.07, 6.45) is 4.09. The number of likely N-dealkylation sites (N-methyl/N-ethyl adjacent to an activating group) is 2. The van der Waals surface area contributed by atoms with Crippen LogP contribution in [0.15, 0.2) is 18.2 Å². The van der Waals surface area contributed by atoms with Crippen molar-refractivity contribution in [1.82, 2.24) is 15.1 Å². The van der Waals surface area contributed by atoms with Crippen LogP contribution in [-0.2, 0) is 6.54 Å². The molecule has 4 rings (SSSR count). The third-order valence-corrected chi connectivity index (χ3v) is 6.52. The molecular formula is C21H34N4. The molecule has 138 valence electrons. The predicted octanol–water partition coefficient (Wildman–Crippen LogP) is 2.36. The number of fused-ring (bicyclic) bond motifs is 1. The summed E-state index contributed by atoms with van der Waals surface area (Å²) in [4.78, 5) is 7.52. The van der Waals surface area contributed by atoms with E-state index in [4.69, 9.17) is 0 Å². The van der Waals surface area contributed by atoms with Crippen LogP contribution in [0.4, 0.5) is 5.69 Å². The Hall–Kier alpha value is -1.10. The second-order valence-corrected chi connectivity index (χ2v) is 8.48. The number of hydrogen-bond donors (Lipinski definition) is 1. The SMILES string of the molecule is CN1CCN(Cc2ccc3c(c2)C(CC2CCNCC2)CN3C)CC1. The molecule has 3 aliphatic rings. The first-order valence-corrected chi connectivity index (χ1v) is 10.1. The van der Waals surface area contributed by atoms with Crippen molar-refractivity contribution in [2.75, 3.05) is 64.8 Å². The first kappa shape index (κ1) is 17.3. The van der Waals surface area contributed by atoms with Gasteiger partial charge in [0.1, 0.15) is 0 Å². The van der Waals surface area contributed by atoms with E-state index >= 15 is 0 Å². The van der Waals surface area contributed by atoms with Crippen LogP contribution in [-0.4, -0.2) is 69.7 Å². The van der Waals surface area contributed by atoms with Gasteiger partial charge in [0.25, 0.3) is 0 Å². The van der Waals surface area contributed by atoms with Gasteiger partial charge in [-0.3, -0.25) is 4.90 Å². The minimum absolute atomic E-state index is 0.732. The summed E-state index contributed by atoms with van der Waals surface area (Å²) >= 11 is 0. The minimum atomic E-state index is 0.732. The Morgan fingerprint density at radius 2 is 1.80 bits per heavy atom. The van der Waals surface area contributed by atoms with Gasteiger partial charge in [0.2, 0.25) is 0 Å². The van der Waals surface area contributed by atoms with Crippen LogP contribution in [0, 0.1) is 5.92 Å². The first-order chi connectivity index (χ1) is 12.2. The van der Waals surface area contributed by atoms with Crippen molar-refractivity contribution in [2.45, 2.75) is 31.7 Å². The molecule has 0 aliphatic carbocycles. The highest BCUT2D eigenvalue weighted by molar-refractivity contribution is 5.60. The van der Waals surface area contributed by atoms with Crippen molar-refractivity contribution in [3.05, 3.63) is 29.3 Å². The summed E-state index contributed by atoms with van der Waals surface area (Å²) in [6, 6.07) is 7.27. The Morgan fingerprint density at radius 1 is 1.04 bits per heavy atom. The molecular weight excluding hydrogens is 308 g/mol. The standard InChI is InChI=1S/C21H34N4/c1-23-9-11-25(12-10-23)15-18-3-4-21-20(14-18)19(16-24(21)2)13-17-5-7-22-8-6-17/h3-4,14,17,19,22H,5-13,15-16H2,1-2H3. The fourth-order valence-corrected chi connectivity index (χ4v) is 4.89. The molecule has 2 saturated heterocycles. The lowest BCUT2D eigenvalue weighted by molar-refractivity contribution is 0.148. The summed E-state index contributed by atoms with van der Waals surface area (Å²) in [6.45, 7) is 9.55. The number of hydrogen-bond acceptors (Lipinski definition) is 4. The second-order valence-electron chi connectivity index (χ2n) is 8.48. The van der Waals surface area contributed by atoms with Gasteiger partial charge in [0.05, 0.1) is 0 Å². The van der Waals surface area contributed by atoms with Crippen molar-refractivity contribution in [3.8, 4) is 0 Å². The number of anilines is 1. The predicted molar refractivity (Wildman–Crippen MR) is 105 cm³/mol. The molecule has 0 spiro atoms. The maximum atomic E-state index is 3.51. The Morgan fingerprint density at radius 3 is 2.56 bits per heavy atom. The van der Waals surface area contributed by atoms with Crippen LogP contribution in [0.5, 0.6) is 0 Å². The van der Waals surface area contributed by atoms with E-state index in [0.717, 1.165) is 18.4 Å². The van der Waals surface area contributed by atoms with Gasteiger partial charge >= 0.3 is 0 Å². The summed E-state index contributed by atoms with van der Waals surface area (Å²) in [5, 5.41) is 3.51. The number of nitrogens with one attached hydrogen (secondary N) is 1. The average molecular weight is 343 g/mol. The van der Waals surface area contributed by atoms with Gasteiger partial charge in [-0.2, -0.15) is 0 Å². The van der Waals surface area contributed by atoms with E-state index in [1.165, 1.54) is 76.3 Å². The molecule has 3 heterocycles. The number of piperazine rings is 1. The van der Waals surface area contributed by atoms with Gasteiger partial charge in [-0.25, -0.2) is 0 Å². The fraction of sp³-hybridized carbons (Fsp3) is 0.714. The molecule has 4 nitrogen and oxygen atoms in total. The normalized spacial score (nSPS) is 26.2. The summed E-state index contributed by atoms with van der Waals surface area (Å²) in [5.41, 5.74) is 4.60. The van der Waals surface area contributed by atoms with Crippen LogP contribution in [0.3, 0.4) is 0 Å². The second kappa shape index (κ2) is 7.65. The van der Waals surface area contributed by atoms with Gasteiger partial charge in [-0.05, 0) is 62.5 Å². The van der Waals surface area contributed by atoms with Crippen LogP contribution < -0.4 is 10.2 Å². The highest BCUT2D eigenvalue weighted by atomic mass is 15.2. The van der Waals surface area contributed by atoms with E-state index in [2.05, 4.69) is 52.3 Å². The van der Waals surface area contributed by atoms with Crippen molar-refractivity contribution in [1.29, 1.82) is 0 Å². The zero-order valence-electron chi connectivity index (χ0n) is 16.0. The molecule has 1 atom stereocenters. The number of nitrogens with zero attached hydrogens (tertiary/aromatic N) is 3. The van der Waals surface area contributed by atoms with E-state index in [9.17, 15) is 0 Å². The van der Waals surface area contributed by atoms with E-state index in [1.54, 1.807) is 5.56 Å². The number of piperidine rings is 1. The number of benzene rings is 1. The van der Waals surface area contributed by atoms with Crippen molar-refractivity contribution >= 4 is 5.69 Å². The van der Waals surface area contributed by atoms with E-state index in [-0.39, 0.29) is 0 Å². The van der Waals surface area contributed by atoms with Gasteiger partial charge in [-0.15, -0.1) is 0 Å². The van der Waals surface area contributed by atoms with Crippen LogP contribution in [0.25, 0.3) is 0 Å². The molecule has 1 N–H and O–H groups in total. The smallest absolute Gasteiger partial charge is 0.0400 e. The van der Waals surface area contributed by atoms with Crippen LogP contribution in [0.2, 0.25) is 0 Å². The van der Waals surface area contributed by atoms with E-state index in [1.807, 2.05) is 0 Å². The molecule has 0 amide bonds. The molecule has 1 aromatic rings. The Labute approximate surface area is 153 Å². The summed E-state index contributed by atoms with van der Waals surface area (Å²) in [5.74, 6) is 1.64. The van der Waals surface area contributed by atoms with E-state index in [0.29, 0.717) is 0 Å². The molecule has 3 aliphatic heterocycles. The zero-order chi connectivity index (χ0) is 17.2. The molecule has 4 heteroatoms. The Kier molecular flexibility index (Phi) is 5.30. The maximum Gasteiger partial charge on any atom is 0.0400 e. The van der Waals surface area contributed by atoms with Gasteiger partial charge < -0.3 is 15.1 Å². The molecule has 1 aromatic carbocycles. The first-order valence-electron chi connectivity index (χ1n) is 10.1.